The van der Waals surface area contributed by atoms with Gasteiger partial charge >= 0.3 is 0 Å². The molecule has 0 spiro atoms. The summed E-state index contributed by atoms with van der Waals surface area (Å²) >= 11 is 6.29. The van der Waals surface area contributed by atoms with Crippen molar-refractivity contribution in [2.75, 3.05) is 13.7 Å². The number of ether oxygens (including phenoxy) is 1. The maximum Gasteiger partial charge on any atom is 0.121 e. The molecule has 0 bridgehead atoms. The van der Waals surface area contributed by atoms with Crippen LogP contribution >= 0.6 is 11.6 Å². The van der Waals surface area contributed by atoms with Gasteiger partial charge in [0.05, 0.1) is 7.11 Å². The molecule has 1 unspecified atom stereocenters. The number of likely N-dealkylation sites (N-methyl/N-ethyl adjacent to an activating group) is 1. The van der Waals surface area contributed by atoms with E-state index in [4.69, 9.17) is 16.3 Å². The van der Waals surface area contributed by atoms with Gasteiger partial charge in [-0.25, -0.2) is 0 Å². The summed E-state index contributed by atoms with van der Waals surface area (Å²) in [5, 5.41) is 4.36. The number of benzene rings is 2. The number of rotatable bonds is 6. The fourth-order valence-corrected chi connectivity index (χ4v) is 2.77. The lowest BCUT2D eigenvalue weighted by atomic mass is 9.97. The predicted molar refractivity (Wildman–Crippen MR) is 89.3 cm³/mol. The van der Waals surface area contributed by atoms with Crippen LogP contribution in [0.4, 0.5) is 0 Å². The van der Waals surface area contributed by atoms with Gasteiger partial charge in [0.1, 0.15) is 5.75 Å². The second-order valence-corrected chi connectivity index (χ2v) is 5.54. The highest BCUT2D eigenvalue weighted by molar-refractivity contribution is 6.31. The fourth-order valence-electron chi connectivity index (χ4n) is 2.56. The van der Waals surface area contributed by atoms with Crippen LogP contribution in [-0.4, -0.2) is 13.7 Å². The van der Waals surface area contributed by atoms with Gasteiger partial charge in [-0.2, -0.15) is 0 Å². The number of hydrogen-bond acceptors (Lipinski definition) is 2. The monoisotopic (exact) mass is 303 g/mol. The summed E-state index contributed by atoms with van der Waals surface area (Å²) in [6.07, 6.45) is 0.874. The van der Waals surface area contributed by atoms with Gasteiger partial charge in [-0.05, 0) is 48.7 Å². The largest absolute Gasteiger partial charge is 0.496 e. The summed E-state index contributed by atoms with van der Waals surface area (Å²) in [5.41, 5.74) is 3.57. The van der Waals surface area contributed by atoms with Crippen LogP contribution in [0.15, 0.2) is 42.5 Å². The van der Waals surface area contributed by atoms with Gasteiger partial charge in [0.2, 0.25) is 0 Å². The highest BCUT2D eigenvalue weighted by atomic mass is 35.5. The van der Waals surface area contributed by atoms with Crippen molar-refractivity contribution in [1.29, 1.82) is 0 Å². The molecule has 1 atom stereocenters. The number of halogens is 1. The normalized spacial score (nSPS) is 12.2. The van der Waals surface area contributed by atoms with Gasteiger partial charge < -0.3 is 10.1 Å². The molecule has 0 saturated carbocycles. The summed E-state index contributed by atoms with van der Waals surface area (Å²) in [6.45, 7) is 5.11. The second-order valence-electron chi connectivity index (χ2n) is 5.13. The average Bonchev–Trinajstić information content (AvgIpc) is 2.49. The van der Waals surface area contributed by atoms with E-state index in [0.717, 1.165) is 29.3 Å². The summed E-state index contributed by atoms with van der Waals surface area (Å²) in [7, 11) is 1.70. The van der Waals surface area contributed by atoms with Crippen LogP contribution in [0.3, 0.4) is 0 Å². The Morgan fingerprint density at radius 1 is 1.19 bits per heavy atom. The van der Waals surface area contributed by atoms with Gasteiger partial charge in [-0.15, -0.1) is 0 Å². The van der Waals surface area contributed by atoms with Gasteiger partial charge in [0.25, 0.3) is 0 Å². The predicted octanol–water partition coefficient (Wildman–Crippen LogP) is 4.55. The first-order valence-corrected chi connectivity index (χ1v) is 7.64. The Bertz CT molecular complexity index is 598. The summed E-state index contributed by atoms with van der Waals surface area (Å²) < 4.78 is 5.34. The van der Waals surface area contributed by atoms with Crippen LogP contribution in [-0.2, 0) is 6.42 Å². The molecule has 2 nitrogen and oxygen atoms in total. The lowest BCUT2D eigenvalue weighted by molar-refractivity contribution is 0.411. The maximum absolute atomic E-state index is 6.29. The maximum atomic E-state index is 6.29. The van der Waals surface area contributed by atoms with E-state index in [0.29, 0.717) is 0 Å². The van der Waals surface area contributed by atoms with E-state index in [9.17, 15) is 0 Å². The Kier molecular flexibility index (Phi) is 5.66. The minimum atomic E-state index is 0.250. The van der Waals surface area contributed by atoms with E-state index >= 15 is 0 Å². The third-order valence-electron chi connectivity index (χ3n) is 3.65. The summed E-state index contributed by atoms with van der Waals surface area (Å²) in [4.78, 5) is 0. The van der Waals surface area contributed by atoms with E-state index in [-0.39, 0.29) is 6.04 Å². The number of hydrogen-bond donors (Lipinski definition) is 1. The number of nitrogens with one attached hydrogen (secondary N) is 1. The Balaban J connectivity index is 2.26. The van der Waals surface area contributed by atoms with Crippen LogP contribution in [0.25, 0.3) is 0 Å². The summed E-state index contributed by atoms with van der Waals surface area (Å²) in [6, 6.07) is 14.6. The standard InChI is InChI=1S/C18H22ClNO/c1-4-20-17(12-14-7-5-6-8-16(14)19)15-9-10-18(21-3)13(2)11-15/h5-11,17,20H,4,12H2,1-3H3. The Morgan fingerprint density at radius 3 is 2.57 bits per heavy atom. The molecule has 0 fully saturated rings. The molecular formula is C18H22ClNO. The SMILES string of the molecule is CCNC(Cc1ccccc1Cl)c1ccc(OC)c(C)c1. The molecule has 2 aromatic carbocycles. The molecule has 0 aliphatic carbocycles. The van der Waals surface area contributed by atoms with Crippen molar-refractivity contribution in [3.8, 4) is 5.75 Å². The molecule has 0 radical (unpaired) electrons. The van der Waals surface area contributed by atoms with Crippen molar-refractivity contribution < 1.29 is 4.74 Å². The Labute approximate surface area is 132 Å². The van der Waals surface area contributed by atoms with Gasteiger partial charge in [-0.3, -0.25) is 0 Å². The molecule has 2 rings (SSSR count). The first-order valence-electron chi connectivity index (χ1n) is 7.27. The van der Waals surface area contributed by atoms with Gasteiger partial charge in [0, 0.05) is 11.1 Å². The summed E-state index contributed by atoms with van der Waals surface area (Å²) in [5.74, 6) is 0.923. The lowest BCUT2D eigenvalue weighted by Crippen LogP contribution is -2.23. The van der Waals surface area contributed by atoms with E-state index in [1.807, 2.05) is 24.3 Å². The molecule has 112 valence electrons. The Morgan fingerprint density at radius 2 is 1.95 bits per heavy atom. The van der Waals surface area contributed by atoms with Crippen molar-refractivity contribution in [2.45, 2.75) is 26.3 Å². The third kappa shape index (κ3) is 3.99. The quantitative estimate of drug-likeness (QED) is 0.845. The third-order valence-corrected chi connectivity index (χ3v) is 4.02. The van der Waals surface area contributed by atoms with E-state index in [2.05, 4.69) is 37.4 Å². The van der Waals surface area contributed by atoms with Crippen molar-refractivity contribution in [1.82, 2.24) is 5.32 Å². The van der Waals surface area contributed by atoms with Crippen LogP contribution in [0.5, 0.6) is 5.75 Å². The van der Waals surface area contributed by atoms with Crippen LogP contribution < -0.4 is 10.1 Å². The number of aryl methyl sites for hydroxylation is 1. The minimum absolute atomic E-state index is 0.250. The average molecular weight is 304 g/mol. The zero-order chi connectivity index (χ0) is 15.2. The van der Waals surface area contributed by atoms with E-state index < -0.39 is 0 Å². The molecular weight excluding hydrogens is 282 g/mol. The molecule has 0 amide bonds. The minimum Gasteiger partial charge on any atom is -0.496 e. The number of methoxy groups -OCH3 is 1. The lowest BCUT2D eigenvalue weighted by Gasteiger charge is -2.20. The van der Waals surface area contributed by atoms with E-state index in [1.54, 1.807) is 7.11 Å². The molecule has 21 heavy (non-hydrogen) atoms. The first kappa shape index (κ1) is 15.9. The molecule has 1 N–H and O–H groups in total. The second kappa shape index (κ2) is 7.48. The Hall–Kier alpha value is -1.51. The zero-order valence-electron chi connectivity index (χ0n) is 12.8. The molecule has 3 heteroatoms. The topological polar surface area (TPSA) is 21.3 Å². The van der Waals surface area contributed by atoms with Crippen LogP contribution in [0, 0.1) is 6.92 Å². The fraction of sp³-hybridized carbons (Fsp3) is 0.333. The van der Waals surface area contributed by atoms with Gasteiger partial charge in [0.15, 0.2) is 0 Å². The molecule has 0 aliphatic heterocycles. The molecule has 0 saturated heterocycles. The molecule has 0 aliphatic rings. The molecule has 2 aromatic rings. The zero-order valence-corrected chi connectivity index (χ0v) is 13.6. The van der Waals surface area contributed by atoms with Crippen LogP contribution in [0.2, 0.25) is 5.02 Å². The van der Waals surface area contributed by atoms with Crippen molar-refractivity contribution in [3.05, 3.63) is 64.2 Å². The molecule has 0 heterocycles. The smallest absolute Gasteiger partial charge is 0.121 e. The van der Waals surface area contributed by atoms with E-state index in [1.165, 1.54) is 11.1 Å². The highest BCUT2D eigenvalue weighted by Gasteiger charge is 2.14. The van der Waals surface area contributed by atoms with Crippen molar-refractivity contribution in [3.63, 3.8) is 0 Å². The van der Waals surface area contributed by atoms with Crippen LogP contribution in [0.1, 0.15) is 29.7 Å². The molecule has 0 aromatic heterocycles. The van der Waals surface area contributed by atoms with Crippen molar-refractivity contribution >= 4 is 11.6 Å². The van der Waals surface area contributed by atoms with Crippen molar-refractivity contribution in [2.24, 2.45) is 0 Å². The van der Waals surface area contributed by atoms with Gasteiger partial charge in [-0.1, -0.05) is 48.9 Å². The highest BCUT2D eigenvalue weighted by Crippen LogP contribution is 2.27. The first-order chi connectivity index (χ1) is 10.2.